The lowest BCUT2D eigenvalue weighted by Crippen LogP contribution is -2.54. The molecule has 2 rings (SSSR count). The van der Waals surface area contributed by atoms with Gasteiger partial charge in [-0.15, -0.1) is 0 Å². The molecule has 24 heavy (non-hydrogen) atoms. The van der Waals surface area contributed by atoms with Gasteiger partial charge in [0.15, 0.2) is 0 Å². The molecule has 1 heterocycles. The molecule has 1 aromatic rings. The van der Waals surface area contributed by atoms with Crippen LogP contribution in [0.3, 0.4) is 0 Å². The van der Waals surface area contributed by atoms with Crippen molar-refractivity contribution < 1.29 is 24.1 Å². The van der Waals surface area contributed by atoms with Gasteiger partial charge >= 0.3 is 6.18 Å². The minimum Gasteiger partial charge on any atom is -0.368 e. The zero-order valence-electron chi connectivity index (χ0n) is 14.5. The van der Waals surface area contributed by atoms with Crippen molar-refractivity contribution in [3.05, 3.63) is 29.8 Å². The minimum absolute atomic E-state index is 0.215. The number of rotatable bonds is 3. The maximum atomic E-state index is 12.9. The third-order valence-electron chi connectivity index (χ3n) is 3.84. The van der Waals surface area contributed by atoms with Gasteiger partial charge in [0.2, 0.25) is 11.8 Å². The van der Waals surface area contributed by atoms with Gasteiger partial charge in [-0.1, -0.05) is 6.07 Å². The van der Waals surface area contributed by atoms with Gasteiger partial charge in [0.1, 0.15) is 6.04 Å². The zero-order valence-corrected chi connectivity index (χ0v) is 13.5. The van der Waals surface area contributed by atoms with Crippen LogP contribution in [0.5, 0.6) is 0 Å². The second kappa shape index (κ2) is 7.11. The molecule has 1 aromatic carbocycles. The smallest absolute Gasteiger partial charge is 0.368 e. The predicted molar refractivity (Wildman–Crippen MR) is 83.5 cm³/mol. The molecule has 132 valence electrons. The summed E-state index contributed by atoms with van der Waals surface area (Å²) in [5, 5.41) is 2.52. The molecule has 0 spiro atoms. The Morgan fingerprint density at radius 2 is 1.92 bits per heavy atom. The van der Waals surface area contributed by atoms with Crippen LogP contribution in [0.2, 0.25) is 0 Å². The number of benzene rings is 1. The van der Waals surface area contributed by atoms with Crippen molar-refractivity contribution in [2.75, 3.05) is 31.1 Å². The summed E-state index contributed by atoms with van der Waals surface area (Å²) in [6.45, 7) is 4.40. The number of carbonyl (C=O) groups excluding carboxylic acids is 2. The number of carbonyl (C=O) groups is 2. The lowest BCUT2D eigenvalue weighted by Gasteiger charge is -2.37. The van der Waals surface area contributed by atoms with E-state index in [9.17, 15) is 22.8 Å². The molecule has 0 saturated carbocycles. The molecule has 0 aromatic heterocycles. The van der Waals surface area contributed by atoms with Crippen LogP contribution in [-0.4, -0.2) is 48.9 Å². The summed E-state index contributed by atoms with van der Waals surface area (Å²) in [5.41, 5.74) is -0.590. The Bertz CT molecular complexity index is 659. The molecule has 1 saturated heterocycles. The SMILES string of the molecule is [2H]c1ccc(N2CCN(C(=O)[C@H](C)NC(C)=O)CC2)cc1C(F)(F)F. The third-order valence-corrected chi connectivity index (χ3v) is 3.84. The molecule has 0 unspecified atom stereocenters. The number of anilines is 1. The van der Waals surface area contributed by atoms with Gasteiger partial charge in [-0.3, -0.25) is 9.59 Å². The number of hydrogen-bond acceptors (Lipinski definition) is 3. The summed E-state index contributed by atoms with van der Waals surface area (Å²) in [6, 6.07) is 2.39. The van der Waals surface area contributed by atoms with Crippen LogP contribution < -0.4 is 10.2 Å². The van der Waals surface area contributed by atoms with Crippen LogP contribution in [-0.2, 0) is 15.8 Å². The Morgan fingerprint density at radius 3 is 2.46 bits per heavy atom. The van der Waals surface area contributed by atoms with E-state index in [4.69, 9.17) is 1.37 Å². The van der Waals surface area contributed by atoms with Crippen molar-refractivity contribution in [3.8, 4) is 0 Å². The number of alkyl halides is 3. The first-order valence-corrected chi connectivity index (χ1v) is 7.58. The van der Waals surface area contributed by atoms with E-state index in [0.717, 1.165) is 12.1 Å². The van der Waals surface area contributed by atoms with Crippen molar-refractivity contribution in [2.45, 2.75) is 26.1 Å². The molecule has 0 bridgehead atoms. The molecular formula is C16H20F3N3O2. The summed E-state index contributed by atoms with van der Waals surface area (Å²) >= 11 is 0. The maximum Gasteiger partial charge on any atom is 0.416 e. The molecule has 2 amide bonds. The van der Waals surface area contributed by atoms with Gasteiger partial charge in [0.05, 0.1) is 6.93 Å². The summed E-state index contributed by atoms with van der Waals surface area (Å²) in [5.74, 6) is -0.512. The Balaban J connectivity index is 2.03. The van der Waals surface area contributed by atoms with Crippen LogP contribution in [0.1, 0.15) is 20.8 Å². The van der Waals surface area contributed by atoms with Crippen LogP contribution in [0.25, 0.3) is 0 Å². The predicted octanol–water partition coefficient (Wildman–Crippen LogP) is 1.88. The van der Waals surface area contributed by atoms with Gasteiger partial charge in [0.25, 0.3) is 0 Å². The summed E-state index contributed by atoms with van der Waals surface area (Å²) in [7, 11) is 0. The quantitative estimate of drug-likeness (QED) is 0.911. The van der Waals surface area contributed by atoms with Crippen LogP contribution in [0.15, 0.2) is 24.2 Å². The molecule has 1 fully saturated rings. The molecule has 8 heteroatoms. The molecular weight excluding hydrogens is 323 g/mol. The van der Waals surface area contributed by atoms with E-state index in [-0.39, 0.29) is 11.8 Å². The fourth-order valence-electron chi connectivity index (χ4n) is 2.64. The van der Waals surface area contributed by atoms with Gasteiger partial charge < -0.3 is 15.1 Å². The molecule has 0 aliphatic carbocycles. The van der Waals surface area contributed by atoms with E-state index in [0.29, 0.717) is 31.9 Å². The Hall–Kier alpha value is -2.25. The highest BCUT2D eigenvalue weighted by molar-refractivity contribution is 5.86. The van der Waals surface area contributed by atoms with Crippen LogP contribution in [0, 0.1) is 0 Å². The number of halogens is 3. The fraction of sp³-hybridized carbons (Fsp3) is 0.500. The third kappa shape index (κ3) is 4.39. The fourth-order valence-corrected chi connectivity index (χ4v) is 2.64. The van der Waals surface area contributed by atoms with Crippen molar-refractivity contribution in [1.29, 1.82) is 0 Å². The summed E-state index contributed by atoms with van der Waals surface area (Å²) in [4.78, 5) is 26.6. The van der Waals surface area contributed by atoms with Gasteiger partial charge in [-0.2, -0.15) is 13.2 Å². The van der Waals surface area contributed by atoms with E-state index in [1.165, 1.54) is 13.0 Å². The van der Waals surface area contributed by atoms with E-state index in [1.807, 2.05) is 0 Å². The maximum absolute atomic E-state index is 12.9. The highest BCUT2D eigenvalue weighted by Gasteiger charge is 2.31. The Labute approximate surface area is 139 Å². The average Bonchev–Trinajstić information content (AvgIpc) is 2.53. The molecule has 1 atom stereocenters. The average molecular weight is 344 g/mol. The Kier molecular flexibility index (Phi) is 4.92. The largest absolute Gasteiger partial charge is 0.416 e. The first-order chi connectivity index (χ1) is 11.6. The van der Waals surface area contributed by atoms with Gasteiger partial charge in [-0.05, 0) is 25.1 Å². The lowest BCUT2D eigenvalue weighted by molar-refractivity contribution is -0.137. The van der Waals surface area contributed by atoms with E-state index in [1.54, 1.807) is 16.7 Å². The monoisotopic (exact) mass is 344 g/mol. The molecule has 0 radical (unpaired) electrons. The second-order valence-corrected chi connectivity index (χ2v) is 5.69. The highest BCUT2D eigenvalue weighted by Crippen LogP contribution is 2.31. The first kappa shape index (κ1) is 16.6. The van der Waals surface area contributed by atoms with Crippen molar-refractivity contribution in [2.24, 2.45) is 0 Å². The molecule has 5 nitrogen and oxygen atoms in total. The number of nitrogens with one attached hydrogen (secondary N) is 1. The van der Waals surface area contributed by atoms with Crippen molar-refractivity contribution in [1.82, 2.24) is 10.2 Å². The van der Waals surface area contributed by atoms with Crippen LogP contribution in [0.4, 0.5) is 18.9 Å². The lowest BCUT2D eigenvalue weighted by atomic mass is 10.1. The van der Waals surface area contributed by atoms with E-state index >= 15 is 0 Å². The van der Waals surface area contributed by atoms with Gasteiger partial charge in [0, 0.05) is 38.8 Å². The van der Waals surface area contributed by atoms with Crippen LogP contribution >= 0.6 is 0 Å². The topological polar surface area (TPSA) is 52.6 Å². The Morgan fingerprint density at radius 1 is 1.29 bits per heavy atom. The molecule has 1 aliphatic heterocycles. The minimum atomic E-state index is -4.57. The van der Waals surface area contributed by atoms with Crippen molar-refractivity contribution >= 4 is 17.5 Å². The second-order valence-electron chi connectivity index (χ2n) is 5.69. The number of nitrogens with zero attached hydrogens (tertiary/aromatic N) is 2. The van der Waals surface area contributed by atoms with E-state index < -0.39 is 23.8 Å². The standard InChI is InChI=1S/C16H20F3N3O2/c1-11(20-12(2)23)15(24)22-8-6-21(7-9-22)14-5-3-4-13(10-14)16(17,18)19/h3-5,10-11H,6-9H2,1-2H3,(H,20,23)/t11-/m0/s1/i4D. The number of piperazine rings is 1. The summed E-state index contributed by atoms with van der Waals surface area (Å²) < 4.78 is 46.2. The van der Waals surface area contributed by atoms with Gasteiger partial charge in [-0.25, -0.2) is 0 Å². The first-order valence-electron chi connectivity index (χ1n) is 8.08. The summed E-state index contributed by atoms with van der Waals surface area (Å²) in [6.07, 6.45) is -4.57. The highest BCUT2D eigenvalue weighted by atomic mass is 19.4. The van der Waals surface area contributed by atoms with E-state index in [2.05, 4.69) is 5.32 Å². The van der Waals surface area contributed by atoms with Crippen molar-refractivity contribution in [3.63, 3.8) is 0 Å². The zero-order chi connectivity index (χ0) is 18.8. The number of amides is 2. The number of hydrogen-bond donors (Lipinski definition) is 1. The normalized spacial score (nSPS) is 17.3. The molecule has 1 N–H and O–H groups in total. The molecule has 1 aliphatic rings.